The van der Waals surface area contributed by atoms with E-state index in [1.807, 2.05) is 18.3 Å². The highest BCUT2D eigenvalue weighted by Gasteiger charge is 2.40. The molecule has 6 rings (SSSR count). The van der Waals surface area contributed by atoms with Crippen molar-refractivity contribution in [1.29, 1.82) is 0 Å². The zero-order valence-electron chi connectivity index (χ0n) is 20.5. The van der Waals surface area contributed by atoms with Crippen LogP contribution in [0.1, 0.15) is 24.8 Å². The Hall–Kier alpha value is -2.71. The molecule has 0 aromatic carbocycles. The molecule has 5 heterocycles. The van der Waals surface area contributed by atoms with Gasteiger partial charge in [0, 0.05) is 61.2 Å². The van der Waals surface area contributed by atoms with Crippen molar-refractivity contribution < 1.29 is 13.9 Å². The molecule has 1 aromatic heterocycles. The van der Waals surface area contributed by atoms with Crippen molar-refractivity contribution >= 4 is 5.71 Å². The van der Waals surface area contributed by atoms with Gasteiger partial charge in [-0.1, -0.05) is 0 Å². The van der Waals surface area contributed by atoms with Gasteiger partial charge in [-0.15, -0.1) is 0 Å². The van der Waals surface area contributed by atoms with Gasteiger partial charge in [0.15, 0.2) is 5.83 Å². The summed E-state index contributed by atoms with van der Waals surface area (Å²) >= 11 is 0. The fourth-order valence-electron chi connectivity index (χ4n) is 5.93. The number of piperidine rings is 1. The standard InChI is InChI=1S/C27H34FN5O2/c1-32-8-6-18-14-33(15-19(18)13-32)25-10-23(31-24-11-26(34-2)22(28)9-21(24)25)17-3-4-27(30-12-17)35-16-20-5-7-29-20/h3-4,9-10,12,18-20,24,29H,5-8,11,13-16H2,1-2H3. The number of hydrogen-bond acceptors (Lipinski definition) is 7. The lowest BCUT2D eigenvalue weighted by atomic mass is 9.89. The minimum Gasteiger partial charge on any atom is -0.498 e. The number of aliphatic imine (C=N–C) groups is 1. The van der Waals surface area contributed by atoms with Crippen molar-refractivity contribution in [3.8, 4) is 5.88 Å². The monoisotopic (exact) mass is 479 g/mol. The van der Waals surface area contributed by atoms with Gasteiger partial charge in [0.1, 0.15) is 12.4 Å². The first-order chi connectivity index (χ1) is 17.1. The first-order valence-corrected chi connectivity index (χ1v) is 12.8. The van der Waals surface area contributed by atoms with Crippen molar-refractivity contribution in [2.45, 2.75) is 31.3 Å². The van der Waals surface area contributed by atoms with Gasteiger partial charge in [-0.2, -0.15) is 0 Å². The molecule has 0 saturated carbocycles. The minimum atomic E-state index is -0.288. The minimum absolute atomic E-state index is 0.162. The van der Waals surface area contributed by atoms with Crippen molar-refractivity contribution in [3.63, 3.8) is 0 Å². The predicted molar refractivity (Wildman–Crippen MR) is 133 cm³/mol. The Kier molecular flexibility index (Phi) is 6.10. The van der Waals surface area contributed by atoms with Crippen LogP contribution >= 0.6 is 0 Å². The zero-order valence-corrected chi connectivity index (χ0v) is 20.5. The summed E-state index contributed by atoms with van der Waals surface area (Å²) < 4.78 is 26.0. The molecule has 1 aliphatic carbocycles. The molecule has 0 amide bonds. The molecule has 5 aliphatic rings. The van der Waals surface area contributed by atoms with Gasteiger partial charge < -0.3 is 24.6 Å². The lowest BCUT2D eigenvalue weighted by Crippen LogP contribution is -2.46. The molecule has 4 atom stereocenters. The van der Waals surface area contributed by atoms with E-state index >= 15 is 0 Å². The Labute approximate surface area is 206 Å². The molecule has 3 fully saturated rings. The molecule has 7 nitrogen and oxygen atoms in total. The van der Waals surface area contributed by atoms with Crippen LogP contribution in [0.4, 0.5) is 4.39 Å². The Balaban J connectivity index is 1.28. The quantitative estimate of drug-likeness (QED) is 0.677. The Bertz CT molecular complexity index is 1090. The average molecular weight is 480 g/mol. The molecule has 3 saturated heterocycles. The summed E-state index contributed by atoms with van der Waals surface area (Å²) in [7, 11) is 3.74. The second-order valence-corrected chi connectivity index (χ2v) is 10.5. The topological polar surface area (TPSA) is 62.2 Å². The van der Waals surface area contributed by atoms with Gasteiger partial charge in [0.2, 0.25) is 5.88 Å². The molecule has 1 aromatic rings. The molecule has 0 spiro atoms. The summed E-state index contributed by atoms with van der Waals surface area (Å²) in [5.74, 6) is 2.05. The Morgan fingerprint density at radius 3 is 2.74 bits per heavy atom. The van der Waals surface area contributed by atoms with Crippen LogP contribution < -0.4 is 10.1 Å². The van der Waals surface area contributed by atoms with Crippen molar-refractivity contribution in [2.75, 3.05) is 53.5 Å². The summed E-state index contributed by atoms with van der Waals surface area (Å²) in [6, 6.07) is 4.20. The SMILES string of the molecule is COC1=C(F)C=C2C(N3CC4CCN(C)CC4C3)=CC(c3ccc(OCC4CCN4)nc3)=NC2C1. The third-order valence-corrected chi connectivity index (χ3v) is 8.13. The molecule has 4 aliphatic heterocycles. The third kappa shape index (κ3) is 4.49. The molecular weight excluding hydrogens is 445 g/mol. The molecule has 0 bridgehead atoms. The summed E-state index contributed by atoms with van der Waals surface area (Å²) in [6.45, 7) is 5.99. The molecule has 4 unspecified atom stereocenters. The van der Waals surface area contributed by atoms with Crippen LogP contribution in [0.25, 0.3) is 0 Å². The number of dihydropyridines is 1. The van der Waals surface area contributed by atoms with Crippen molar-refractivity contribution in [3.05, 3.63) is 58.9 Å². The van der Waals surface area contributed by atoms with Crippen LogP contribution in [-0.2, 0) is 4.74 Å². The number of nitrogens with one attached hydrogen (secondary N) is 1. The average Bonchev–Trinajstić information content (AvgIpc) is 3.25. The van der Waals surface area contributed by atoms with E-state index < -0.39 is 0 Å². The lowest BCUT2D eigenvalue weighted by molar-refractivity contribution is 0.178. The van der Waals surface area contributed by atoms with Crippen molar-refractivity contribution in [1.82, 2.24) is 20.1 Å². The number of allylic oxidation sites excluding steroid dienone is 3. The number of nitrogens with zero attached hydrogens (tertiary/aromatic N) is 4. The fraction of sp³-hybridized carbons (Fsp3) is 0.556. The molecule has 8 heteroatoms. The van der Waals surface area contributed by atoms with Crippen LogP contribution in [0, 0.1) is 11.8 Å². The smallest absolute Gasteiger partial charge is 0.213 e. The van der Waals surface area contributed by atoms with Gasteiger partial charge in [-0.05, 0) is 63.0 Å². The number of methoxy groups -OCH3 is 1. The Morgan fingerprint density at radius 1 is 1.14 bits per heavy atom. The van der Waals surface area contributed by atoms with E-state index in [1.165, 1.54) is 13.5 Å². The molecule has 35 heavy (non-hydrogen) atoms. The number of halogens is 1. The number of rotatable bonds is 6. The van der Waals surface area contributed by atoms with E-state index in [9.17, 15) is 4.39 Å². The summed E-state index contributed by atoms with van der Waals surface area (Å²) in [5, 5.41) is 3.34. The number of likely N-dealkylation sites (tertiary alicyclic amines) is 2. The number of fused-ring (bicyclic) bond motifs is 2. The van der Waals surface area contributed by atoms with E-state index in [2.05, 4.69) is 33.2 Å². The number of pyridine rings is 1. The highest BCUT2D eigenvalue weighted by molar-refractivity contribution is 6.10. The molecule has 1 N–H and O–H groups in total. The van der Waals surface area contributed by atoms with Crippen LogP contribution in [0.2, 0.25) is 0 Å². The second kappa shape index (κ2) is 9.39. The van der Waals surface area contributed by atoms with Crippen LogP contribution in [0.15, 0.2) is 58.3 Å². The molecule has 0 radical (unpaired) electrons. The first kappa shape index (κ1) is 22.7. The van der Waals surface area contributed by atoms with Gasteiger partial charge in [0.05, 0.1) is 18.9 Å². The van der Waals surface area contributed by atoms with Crippen LogP contribution in [-0.4, -0.2) is 86.1 Å². The maximum atomic E-state index is 14.8. The number of ether oxygens (including phenoxy) is 2. The van der Waals surface area contributed by atoms with E-state index in [4.69, 9.17) is 14.5 Å². The predicted octanol–water partition coefficient (Wildman–Crippen LogP) is 2.92. The van der Waals surface area contributed by atoms with Crippen molar-refractivity contribution in [2.24, 2.45) is 16.8 Å². The van der Waals surface area contributed by atoms with E-state index in [1.54, 1.807) is 6.08 Å². The molecule has 186 valence electrons. The van der Waals surface area contributed by atoms with E-state index in [0.29, 0.717) is 42.5 Å². The normalized spacial score (nSPS) is 30.6. The third-order valence-electron chi connectivity index (χ3n) is 8.13. The summed E-state index contributed by atoms with van der Waals surface area (Å²) in [6.07, 6.45) is 8.40. The second-order valence-electron chi connectivity index (χ2n) is 10.5. The van der Waals surface area contributed by atoms with E-state index in [-0.39, 0.29) is 11.9 Å². The summed E-state index contributed by atoms with van der Waals surface area (Å²) in [5.41, 5.74) is 3.88. The maximum Gasteiger partial charge on any atom is 0.213 e. The first-order valence-electron chi connectivity index (χ1n) is 12.8. The van der Waals surface area contributed by atoms with Gasteiger partial charge in [-0.25, -0.2) is 9.37 Å². The van der Waals surface area contributed by atoms with Gasteiger partial charge in [0.25, 0.3) is 0 Å². The lowest BCUT2D eigenvalue weighted by Gasteiger charge is -2.33. The highest BCUT2D eigenvalue weighted by Crippen LogP contribution is 2.40. The Morgan fingerprint density at radius 2 is 2.00 bits per heavy atom. The van der Waals surface area contributed by atoms with Crippen LogP contribution in [0.5, 0.6) is 5.88 Å². The van der Waals surface area contributed by atoms with E-state index in [0.717, 1.165) is 61.7 Å². The number of hydrogen-bond donors (Lipinski definition) is 1. The largest absolute Gasteiger partial charge is 0.498 e. The highest BCUT2D eigenvalue weighted by atomic mass is 19.1. The van der Waals surface area contributed by atoms with Gasteiger partial charge >= 0.3 is 0 Å². The maximum absolute atomic E-state index is 14.8. The summed E-state index contributed by atoms with van der Waals surface area (Å²) in [4.78, 5) is 14.4. The molecular formula is C27H34FN5O2. The zero-order chi connectivity index (χ0) is 23.9. The van der Waals surface area contributed by atoms with Gasteiger partial charge in [-0.3, -0.25) is 4.99 Å². The number of aromatic nitrogens is 1. The van der Waals surface area contributed by atoms with Crippen LogP contribution in [0.3, 0.4) is 0 Å². The fourth-order valence-corrected chi connectivity index (χ4v) is 5.93.